The molecular weight excluding hydrogens is 202 g/mol. The van der Waals surface area contributed by atoms with Crippen LogP contribution in [0.1, 0.15) is 25.8 Å². The van der Waals surface area contributed by atoms with Gasteiger partial charge in [0, 0.05) is 37.5 Å². The van der Waals surface area contributed by atoms with Crippen LogP contribution < -0.4 is 5.32 Å². The molecule has 0 aromatic carbocycles. The molecule has 0 bridgehead atoms. The highest BCUT2D eigenvalue weighted by atomic mass is 16.5. The van der Waals surface area contributed by atoms with Crippen molar-refractivity contribution in [1.82, 2.24) is 15.1 Å². The largest absolute Gasteiger partial charge is 0.381 e. The van der Waals surface area contributed by atoms with Gasteiger partial charge in [-0.15, -0.1) is 0 Å². The van der Waals surface area contributed by atoms with Crippen LogP contribution in [-0.2, 0) is 17.8 Å². The number of hydrogen-bond acceptors (Lipinski definition) is 3. The van der Waals surface area contributed by atoms with E-state index in [0.717, 1.165) is 26.3 Å². The van der Waals surface area contributed by atoms with Crippen LogP contribution in [0.4, 0.5) is 0 Å². The minimum atomic E-state index is 0.521. The Labute approximate surface area is 97.0 Å². The normalized spacial score (nSPS) is 22.5. The first-order valence-electron chi connectivity index (χ1n) is 6.12. The van der Waals surface area contributed by atoms with Gasteiger partial charge in [-0.1, -0.05) is 0 Å². The van der Waals surface area contributed by atoms with Crippen molar-refractivity contribution in [3.63, 3.8) is 0 Å². The molecule has 0 radical (unpaired) electrons. The summed E-state index contributed by atoms with van der Waals surface area (Å²) in [6, 6.07) is 0.521. The molecule has 2 atom stereocenters. The Balaban J connectivity index is 1.77. The zero-order valence-corrected chi connectivity index (χ0v) is 10.1. The summed E-state index contributed by atoms with van der Waals surface area (Å²) < 4.78 is 7.35. The van der Waals surface area contributed by atoms with E-state index in [9.17, 15) is 0 Å². The molecular formula is C12H21N3O. The predicted octanol–water partition coefficient (Wildman–Crippen LogP) is 1.42. The molecule has 1 aliphatic heterocycles. The van der Waals surface area contributed by atoms with Gasteiger partial charge in [0.25, 0.3) is 0 Å². The Morgan fingerprint density at radius 1 is 1.69 bits per heavy atom. The van der Waals surface area contributed by atoms with Crippen LogP contribution in [-0.4, -0.2) is 29.0 Å². The molecule has 1 fully saturated rings. The van der Waals surface area contributed by atoms with Crippen molar-refractivity contribution in [2.75, 3.05) is 13.2 Å². The molecule has 2 rings (SSSR count). The van der Waals surface area contributed by atoms with Gasteiger partial charge in [-0.05, 0) is 26.2 Å². The molecule has 0 spiro atoms. The van der Waals surface area contributed by atoms with Crippen molar-refractivity contribution in [3.8, 4) is 0 Å². The first kappa shape index (κ1) is 11.6. The van der Waals surface area contributed by atoms with Crippen LogP contribution in [0, 0.1) is 5.92 Å². The summed E-state index contributed by atoms with van der Waals surface area (Å²) in [5, 5.41) is 7.81. The predicted molar refractivity (Wildman–Crippen MR) is 63.1 cm³/mol. The van der Waals surface area contributed by atoms with Gasteiger partial charge in [-0.2, -0.15) is 5.10 Å². The average molecular weight is 223 g/mol. The maximum absolute atomic E-state index is 5.40. The first-order chi connectivity index (χ1) is 7.79. The summed E-state index contributed by atoms with van der Waals surface area (Å²) in [5.41, 5.74) is 1.26. The van der Waals surface area contributed by atoms with Gasteiger partial charge in [-0.25, -0.2) is 0 Å². The Kier molecular flexibility index (Phi) is 3.96. The van der Waals surface area contributed by atoms with Gasteiger partial charge in [0.15, 0.2) is 0 Å². The summed E-state index contributed by atoms with van der Waals surface area (Å²) in [7, 11) is 0. The zero-order valence-electron chi connectivity index (χ0n) is 10.1. The fourth-order valence-corrected chi connectivity index (χ4v) is 2.06. The maximum Gasteiger partial charge on any atom is 0.0534 e. The highest BCUT2D eigenvalue weighted by Gasteiger charge is 2.21. The van der Waals surface area contributed by atoms with Crippen LogP contribution in [0.25, 0.3) is 0 Å². The molecule has 4 nitrogen and oxygen atoms in total. The molecule has 0 amide bonds. The highest BCUT2D eigenvalue weighted by molar-refractivity contribution is 5.03. The average Bonchev–Trinajstić information content (AvgIpc) is 2.96. The molecule has 2 unspecified atom stereocenters. The van der Waals surface area contributed by atoms with E-state index < -0.39 is 0 Å². The van der Waals surface area contributed by atoms with Gasteiger partial charge in [0.2, 0.25) is 0 Å². The quantitative estimate of drug-likeness (QED) is 0.820. The molecule has 4 heteroatoms. The van der Waals surface area contributed by atoms with Gasteiger partial charge in [0.05, 0.1) is 12.8 Å². The number of ether oxygens (including phenoxy) is 1. The van der Waals surface area contributed by atoms with Gasteiger partial charge in [0.1, 0.15) is 0 Å². The third-order valence-corrected chi connectivity index (χ3v) is 3.31. The number of aryl methyl sites for hydroxylation is 1. The lowest BCUT2D eigenvalue weighted by atomic mass is 10.0. The van der Waals surface area contributed by atoms with Crippen LogP contribution >= 0.6 is 0 Å². The van der Waals surface area contributed by atoms with E-state index in [1.165, 1.54) is 12.0 Å². The second-order valence-electron chi connectivity index (χ2n) is 4.50. The lowest BCUT2D eigenvalue weighted by Crippen LogP contribution is -2.33. The lowest BCUT2D eigenvalue weighted by Gasteiger charge is -2.18. The lowest BCUT2D eigenvalue weighted by molar-refractivity contribution is 0.178. The highest BCUT2D eigenvalue weighted by Crippen LogP contribution is 2.16. The molecule has 1 aromatic heterocycles. The summed E-state index contributed by atoms with van der Waals surface area (Å²) in [6.07, 6.45) is 5.22. The van der Waals surface area contributed by atoms with E-state index in [0.29, 0.717) is 12.0 Å². The monoisotopic (exact) mass is 223 g/mol. The Morgan fingerprint density at radius 3 is 3.19 bits per heavy atom. The molecule has 0 aliphatic carbocycles. The number of nitrogens with one attached hydrogen (secondary N) is 1. The van der Waals surface area contributed by atoms with E-state index in [4.69, 9.17) is 4.74 Å². The molecule has 16 heavy (non-hydrogen) atoms. The van der Waals surface area contributed by atoms with Crippen molar-refractivity contribution in [3.05, 3.63) is 18.0 Å². The van der Waals surface area contributed by atoms with Crippen molar-refractivity contribution >= 4 is 0 Å². The minimum Gasteiger partial charge on any atom is -0.381 e. The first-order valence-corrected chi connectivity index (χ1v) is 6.12. The third kappa shape index (κ3) is 2.83. The number of rotatable bonds is 5. The van der Waals surface area contributed by atoms with Crippen molar-refractivity contribution < 1.29 is 4.74 Å². The van der Waals surface area contributed by atoms with Crippen molar-refractivity contribution in [2.24, 2.45) is 5.92 Å². The molecule has 2 heterocycles. The van der Waals surface area contributed by atoms with Crippen molar-refractivity contribution in [1.29, 1.82) is 0 Å². The molecule has 1 saturated heterocycles. The smallest absolute Gasteiger partial charge is 0.0534 e. The second kappa shape index (κ2) is 5.46. The molecule has 0 saturated carbocycles. The Morgan fingerprint density at radius 2 is 2.56 bits per heavy atom. The van der Waals surface area contributed by atoms with Crippen LogP contribution in [0.15, 0.2) is 12.4 Å². The summed E-state index contributed by atoms with van der Waals surface area (Å²) in [5.74, 6) is 0.668. The number of aromatic nitrogens is 2. The minimum absolute atomic E-state index is 0.521. The second-order valence-corrected chi connectivity index (χ2v) is 4.50. The standard InChI is InChI=1S/C12H21N3O/c1-3-15-8-11(7-14-15)6-13-10(2)12-4-5-16-9-12/h7-8,10,12-13H,3-6,9H2,1-2H3. The van der Waals surface area contributed by atoms with E-state index in [-0.39, 0.29) is 0 Å². The number of nitrogens with zero attached hydrogens (tertiary/aromatic N) is 2. The maximum atomic E-state index is 5.40. The zero-order chi connectivity index (χ0) is 11.4. The Hall–Kier alpha value is -0.870. The SMILES string of the molecule is CCn1cc(CNC(C)C2CCOC2)cn1. The van der Waals surface area contributed by atoms with Crippen LogP contribution in [0.3, 0.4) is 0 Å². The molecule has 1 N–H and O–H groups in total. The summed E-state index contributed by atoms with van der Waals surface area (Å²) >= 11 is 0. The van der Waals surface area contributed by atoms with Gasteiger partial charge >= 0.3 is 0 Å². The number of hydrogen-bond donors (Lipinski definition) is 1. The van der Waals surface area contributed by atoms with E-state index >= 15 is 0 Å². The molecule has 1 aromatic rings. The van der Waals surface area contributed by atoms with E-state index in [1.54, 1.807) is 0 Å². The van der Waals surface area contributed by atoms with Crippen molar-refractivity contribution in [2.45, 2.75) is 39.4 Å². The van der Waals surface area contributed by atoms with Gasteiger partial charge in [-0.3, -0.25) is 4.68 Å². The molecule has 1 aliphatic rings. The van der Waals surface area contributed by atoms with E-state index in [1.807, 2.05) is 10.9 Å². The summed E-state index contributed by atoms with van der Waals surface area (Å²) in [4.78, 5) is 0. The topological polar surface area (TPSA) is 39.1 Å². The van der Waals surface area contributed by atoms with Crippen LogP contribution in [0.5, 0.6) is 0 Å². The third-order valence-electron chi connectivity index (χ3n) is 3.31. The fourth-order valence-electron chi connectivity index (χ4n) is 2.06. The summed E-state index contributed by atoms with van der Waals surface area (Å²) in [6.45, 7) is 8.00. The fraction of sp³-hybridized carbons (Fsp3) is 0.750. The molecule has 90 valence electrons. The van der Waals surface area contributed by atoms with E-state index in [2.05, 4.69) is 30.5 Å². The van der Waals surface area contributed by atoms with Gasteiger partial charge < -0.3 is 10.1 Å². The Bertz CT molecular complexity index is 318. The van der Waals surface area contributed by atoms with Crippen LogP contribution in [0.2, 0.25) is 0 Å².